The molecule has 7 heteroatoms. The summed E-state index contributed by atoms with van der Waals surface area (Å²) in [4.78, 5) is 4.04. The second-order valence-electron chi connectivity index (χ2n) is 5.57. The minimum atomic E-state index is -4.42. The second-order valence-corrected chi connectivity index (χ2v) is 5.57. The number of nitrogens with zero attached hydrogens (tertiary/aromatic N) is 2. The Labute approximate surface area is 154 Å². The van der Waals surface area contributed by atoms with Gasteiger partial charge in [-0.3, -0.25) is 0 Å². The second kappa shape index (κ2) is 7.99. The van der Waals surface area contributed by atoms with Crippen LogP contribution in [-0.2, 0) is 6.18 Å². The smallest absolute Gasteiger partial charge is 0.416 e. The number of rotatable bonds is 6. The van der Waals surface area contributed by atoms with E-state index < -0.39 is 11.7 Å². The maximum atomic E-state index is 12.8. The van der Waals surface area contributed by atoms with Crippen molar-refractivity contribution in [1.82, 2.24) is 9.55 Å². The van der Waals surface area contributed by atoms with Crippen LogP contribution in [-0.4, -0.2) is 16.3 Å². The lowest BCUT2D eigenvalue weighted by Gasteiger charge is -2.15. The molecule has 3 aromatic rings. The van der Waals surface area contributed by atoms with Crippen molar-refractivity contribution in [2.75, 3.05) is 6.79 Å². The lowest BCUT2D eigenvalue weighted by Crippen LogP contribution is -2.09. The fourth-order valence-corrected chi connectivity index (χ4v) is 2.57. The first kappa shape index (κ1) is 18.6. The first-order chi connectivity index (χ1) is 13.0. The molecule has 0 bridgehead atoms. The van der Waals surface area contributed by atoms with Crippen molar-refractivity contribution in [1.29, 1.82) is 0 Å². The van der Waals surface area contributed by atoms with Crippen LogP contribution in [0.4, 0.5) is 13.2 Å². The lowest BCUT2D eigenvalue weighted by molar-refractivity contribution is -0.137. The summed E-state index contributed by atoms with van der Waals surface area (Å²) in [5.41, 5.74) is 0.907. The molecule has 4 nitrogen and oxygen atoms in total. The van der Waals surface area contributed by atoms with Crippen molar-refractivity contribution in [3.05, 3.63) is 84.5 Å². The zero-order chi connectivity index (χ0) is 19.3. The largest absolute Gasteiger partial charge is 0.457 e. The SMILES string of the molecule is C/C=C(/c1ccccc1OCOc1cccc(C(F)(F)F)c1)n1ccnc1. The van der Waals surface area contributed by atoms with Crippen LogP contribution in [0.1, 0.15) is 18.1 Å². The van der Waals surface area contributed by atoms with Gasteiger partial charge in [-0.05, 0) is 37.3 Å². The fraction of sp³-hybridized carbons (Fsp3) is 0.150. The predicted octanol–water partition coefficient (Wildman–Crippen LogP) is 5.23. The monoisotopic (exact) mass is 374 g/mol. The van der Waals surface area contributed by atoms with E-state index in [1.54, 1.807) is 18.6 Å². The van der Waals surface area contributed by atoms with Crippen molar-refractivity contribution >= 4 is 5.70 Å². The van der Waals surface area contributed by atoms with Crippen LogP contribution < -0.4 is 9.47 Å². The first-order valence-electron chi connectivity index (χ1n) is 8.16. The van der Waals surface area contributed by atoms with Crippen molar-refractivity contribution in [2.24, 2.45) is 0 Å². The molecule has 0 spiro atoms. The summed E-state index contributed by atoms with van der Waals surface area (Å²) >= 11 is 0. The predicted molar refractivity (Wildman–Crippen MR) is 95.3 cm³/mol. The molecule has 0 atom stereocenters. The van der Waals surface area contributed by atoms with Gasteiger partial charge < -0.3 is 14.0 Å². The van der Waals surface area contributed by atoms with E-state index in [-0.39, 0.29) is 12.5 Å². The van der Waals surface area contributed by atoms with Gasteiger partial charge in [-0.2, -0.15) is 13.2 Å². The molecule has 27 heavy (non-hydrogen) atoms. The van der Waals surface area contributed by atoms with Crippen LogP contribution in [0.2, 0.25) is 0 Å². The molecule has 0 amide bonds. The normalized spacial score (nSPS) is 12.1. The lowest BCUT2D eigenvalue weighted by atomic mass is 10.1. The van der Waals surface area contributed by atoms with Crippen molar-refractivity contribution in [3.63, 3.8) is 0 Å². The topological polar surface area (TPSA) is 36.3 Å². The molecule has 1 aromatic heterocycles. The zero-order valence-corrected chi connectivity index (χ0v) is 14.5. The Hall–Kier alpha value is -3.22. The van der Waals surface area contributed by atoms with Gasteiger partial charge in [0.15, 0.2) is 0 Å². The van der Waals surface area contributed by atoms with Crippen LogP contribution in [0, 0.1) is 0 Å². The van der Waals surface area contributed by atoms with Crippen molar-refractivity contribution in [2.45, 2.75) is 13.1 Å². The van der Waals surface area contributed by atoms with E-state index in [0.29, 0.717) is 5.75 Å². The number of benzene rings is 2. The molecule has 2 aromatic carbocycles. The number of hydrogen-bond donors (Lipinski definition) is 0. The summed E-state index contributed by atoms with van der Waals surface area (Å²) < 4.78 is 51.2. The third-order valence-electron chi connectivity index (χ3n) is 3.82. The summed E-state index contributed by atoms with van der Waals surface area (Å²) in [6, 6.07) is 12.0. The summed E-state index contributed by atoms with van der Waals surface area (Å²) in [6.45, 7) is 1.67. The quantitative estimate of drug-likeness (QED) is 0.555. The third-order valence-corrected chi connectivity index (χ3v) is 3.82. The van der Waals surface area contributed by atoms with E-state index in [4.69, 9.17) is 9.47 Å². The molecule has 0 saturated carbocycles. The highest BCUT2D eigenvalue weighted by Crippen LogP contribution is 2.31. The molecule has 0 aliphatic carbocycles. The van der Waals surface area contributed by atoms with Gasteiger partial charge in [-0.1, -0.05) is 24.3 Å². The van der Waals surface area contributed by atoms with Gasteiger partial charge in [0.2, 0.25) is 6.79 Å². The van der Waals surface area contributed by atoms with Gasteiger partial charge in [0.05, 0.1) is 17.6 Å². The average Bonchev–Trinajstić information content (AvgIpc) is 3.18. The molecule has 0 aliphatic heterocycles. The van der Waals surface area contributed by atoms with Gasteiger partial charge in [-0.15, -0.1) is 0 Å². The minimum Gasteiger partial charge on any atom is -0.457 e. The maximum absolute atomic E-state index is 12.8. The average molecular weight is 374 g/mol. The van der Waals surface area contributed by atoms with E-state index in [1.165, 1.54) is 12.1 Å². The number of alkyl halides is 3. The standard InChI is InChI=1S/C20H17F3N2O2/c1-2-18(25-11-10-24-13-25)17-8-3-4-9-19(17)27-14-26-16-7-5-6-15(12-16)20(21,22)23/h2-13H,14H2,1H3/b18-2-. The Morgan fingerprint density at radius 1 is 1.11 bits per heavy atom. The number of allylic oxidation sites excluding steroid dienone is 1. The van der Waals surface area contributed by atoms with Gasteiger partial charge >= 0.3 is 6.18 Å². The molecule has 0 radical (unpaired) electrons. The van der Waals surface area contributed by atoms with Gasteiger partial charge in [0, 0.05) is 18.0 Å². The molecular formula is C20H17F3N2O2. The fourth-order valence-electron chi connectivity index (χ4n) is 2.57. The Balaban J connectivity index is 1.73. The Morgan fingerprint density at radius 2 is 1.93 bits per heavy atom. The number of halogens is 3. The minimum absolute atomic E-state index is 0.0863. The van der Waals surface area contributed by atoms with Gasteiger partial charge in [0.1, 0.15) is 11.5 Å². The van der Waals surface area contributed by atoms with Gasteiger partial charge in [0.25, 0.3) is 0 Å². The highest BCUT2D eigenvalue weighted by Gasteiger charge is 2.30. The van der Waals surface area contributed by atoms with Gasteiger partial charge in [-0.25, -0.2) is 4.98 Å². The van der Waals surface area contributed by atoms with E-state index in [9.17, 15) is 13.2 Å². The van der Waals surface area contributed by atoms with Crippen LogP contribution in [0.3, 0.4) is 0 Å². The number of hydrogen-bond acceptors (Lipinski definition) is 3. The number of para-hydroxylation sites is 1. The van der Waals surface area contributed by atoms with Crippen molar-refractivity contribution in [3.8, 4) is 11.5 Å². The van der Waals surface area contributed by atoms with Crippen molar-refractivity contribution < 1.29 is 22.6 Å². The van der Waals surface area contributed by atoms with Crippen LogP contribution in [0.5, 0.6) is 11.5 Å². The molecule has 140 valence electrons. The number of aromatic nitrogens is 2. The molecule has 0 aliphatic rings. The Bertz CT molecular complexity index is 919. The third kappa shape index (κ3) is 4.49. The van der Waals surface area contributed by atoms with Crippen LogP contribution in [0.25, 0.3) is 5.70 Å². The highest BCUT2D eigenvalue weighted by atomic mass is 19.4. The molecule has 3 rings (SSSR count). The number of ether oxygens (including phenoxy) is 2. The van der Waals surface area contributed by atoms with E-state index in [1.807, 2.05) is 42.0 Å². The number of imidazole rings is 1. The van der Waals surface area contributed by atoms with E-state index in [0.717, 1.165) is 23.4 Å². The first-order valence-corrected chi connectivity index (χ1v) is 8.16. The summed E-state index contributed by atoms with van der Waals surface area (Å²) in [5.74, 6) is 0.634. The molecule has 0 unspecified atom stereocenters. The molecule has 0 saturated heterocycles. The zero-order valence-electron chi connectivity index (χ0n) is 14.5. The molecule has 1 heterocycles. The van der Waals surface area contributed by atoms with E-state index in [2.05, 4.69) is 4.98 Å². The molecule has 0 fully saturated rings. The van der Waals surface area contributed by atoms with Crippen LogP contribution in [0.15, 0.2) is 73.3 Å². The van der Waals surface area contributed by atoms with E-state index >= 15 is 0 Å². The highest BCUT2D eigenvalue weighted by molar-refractivity contribution is 5.70. The molecule has 0 N–H and O–H groups in total. The van der Waals surface area contributed by atoms with Crippen LogP contribution >= 0.6 is 0 Å². The maximum Gasteiger partial charge on any atom is 0.416 e. The Morgan fingerprint density at radius 3 is 2.63 bits per heavy atom. The summed E-state index contributed by atoms with van der Waals surface area (Å²) in [7, 11) is 0. The Kier molecular flexibility index (Phi) is 5.49. The summed E-state index contributed by atoms with van der Waals surface area (Å²) in [6.07, 6.45) is 2.65. The summed E-state index contributed by atoms with van der Waals surface area (Å²) in [5, 5.41) is 0. The molecular weight excluding hydrogens is 357 g/mol.